The maximum absolute atomic E-state index is 13.6. The highest BCUT2D eigenvalue weighted by Crippen LogP contribution is 2.20. The van der Waals surface area contributed by atoms with Crippen molar-refractivity contribution in [2.45, 2.75) is 19.9 Å². The van der Waals surface area contributed by atoms with Crippen LogP contribution in [0.3, 0.4) is 0 Å². The molecule has 0 unspecified atom stereocenters. The molecule has 4 heteroatoms. The van der Waals surface area contributed by atoms with Gasteiger partial charge in [-0.2, -0.15) is 0 Å². The van der Waals surface area contributed by atoms with Crippen molar-refractivity contribution in [1.29, 1.82) is 0 Å². The van der Waals surface area contributed by atoms with E-state index < -0.39 is 0 Å². The summed E-state index contributed by atoms with van der Waals surface area (Å²) in [5.41, 5.74) is 1.43. The van der Waals surface area contributed by atoms with Gasteiger partial charge in [0.05, 0.1) is 6.61 Å². The first-order valence-electron chi connectivity index (χ1n) is 6.59. The molecule has 1 N–H and O–H groups in total. The average molecular weight is 294 g/mol. The van der Waals surface area contributed by atoms with Gasteiger partial charge in [0.2, 0.25) is 0 Å². The molecule has 0 saturated heterocycles. The zero-order valence-electron chi connectivity index (χ0n) is 11.3. The Hall–Kier alpha value is -1.74. The minimum Gasteiger partial charge on any atom is -0.494 e. The molecule has 0 aliphatic rings. The number of ether oxygens (including phenoxy) is 1. The zero-order chi connectivity index (χ0) is 14.4. The summed E-state index contributed by atoms with van der Waals surface area (Å²) in [7, 11) is 0. The van der Waals surface area contributed by atoms with Crippen molar-refractivity contribution in [1.82, 2.24) is 0 Å². The van der Waals surface area contributed by atoms with Crippen LogP contribution in [-0.2, 0) is 6.54 Å². The number of anilines is 1. The molecule has 0 heterocycles. The van der Waals surface area contributed by atoms with Crippen LogP contribution in [0, 0.1) is 5.82 Å². The van der Waals surface area contributed by atoms with Gasteiger partial charge in [0, 0.05) is 28.9 Å². The minimum atomic E-state index is -0.264. The molecule has 2 rings (SSSR count). The summed E-state index contributed by atoms with van der Waals surface area (Å²) in [6.07, 6.45) is 0.964. The summed E-state index contributed by atoms with van der Waals surface area (Å²) in [6.45, 7) is 3.13. The van der Waals surface area contributed by atoms with Gasteiger partial charge in [0.1, 0.15) is 11.6 Å². The lowest BCUT2D eigenvalue weighted by Crippen LogP contribution is -2.02. The predicted molar refractivity (Wildman–Crippen MR) is 81.0 cm³/mol. The molecule has 2 aromatic carbocycles. The van der Waals surface area contributed by atoms with Crippen molar-refractivity contribution < 1.29 is 9.13 Å². The van der Waals surface area contributed by atoms with E-state index in [1.807, 2.05) is 24.3 Å². The molecule has 2 aromatic rings. The van der Waals surface area contributed by atoms with Crippen LogP contribution in [0.1, 0.15) is 18.9 Å². The monoisotopic (exact) mass is 293 g/mol. The van der Waals surface area contributed by atoms with Crippen molar-refractivity contribution in [3.63, 3.8) is 0 Å². The van der Waals surface area contributed by atoms with Crippen LogP contribution in [0.4, 0.5) is 10.1 Å². The van der Waals surface area contributed by atoms with E-state index in [0.29, 0.717) is 23.7 Å². The molecule has 2 nitrogen and oxygen atoms in total. The fourth-order valence-electron chi connectivity index (χ4n) is 1.79. The maximum atomic E-state index is 13.6. The molecule has 0 aromatic heterocycles. The standard InChI is InChI=1S/C16H17ClFNO/c1-2-8-20-15-5-3-4-14(10-15)19-11-12-9-13(17)6-7-16(12)18/h3-7,9-10,19H,2,8,11H2,1H3. The maximum Gasteiger partial charge on any atom is 0.128 e. The van der Waals surface area contributed by atoms with E-state index >= 15 is 0 Å². The summed E-state index contributed by atoms with van der Waals surface area (Å²) < 4.78 is 19.2. The second-order valence-electron chi connectivity index (χ2n) is 4.47. The number of hydrogen-bond donors (Lipinski definition) is 1. The van der Waals surface area contributed by atoms with Gasteiger partial charge in [0.15, 0.2) is 0 Å². The van der Waals surface area contributed by atoms with Crippen LogP contribution >= 0.6 is 11.6 Å². The van der Waals surface area contributed by atoms with Gasteiger partial charge in [-0.25, -0.2) is 4.39 Å². The number of halogens is 2. The van der Waals surface area contributed by atoms with Gasteiger partial charge < -0.3 is 10.1 Å². The van der Waals surface area contributed by atoms with Gasteiger partial charge in [-0.1, -0.05) is 24.6 Å². The first-order chi connectivity index (χ1) is 9.69. The molecule has 0 fully saturated rings. The number of nitrogens with one attached hydrogen (secondary N) is 1. The smallest absolute Gasteiger partial charge is 0.128 e. The predicted octanol–water partition coefficient (Wildman–Crippen LogP) is 4.88. The van der Waals surface area contributed by atoms with Crippen LogP contribution < -0.4 is 10.1 Å². The van der Waals surface area contributed by atoms with E-state index in [4.69, 9.17) is 16.3 Å². The van der Waals surface area contributed by atoms with E-state index in [1.54, 1.807) is 12.1 Å². The van der Waals surface area contributed by atoms with Crippen LogP contribution in [0.5, 0.6) is 5.75 Å². The summed E-state index contributed by atoms with van der Waals surface area (Å²) in [5.74, 6) is 0.545. The summed E-state index contributed by atoms with van der Waals surface area (Å²) >= 11 is 5.87. The quantitative estimate of drug-likeness (QED) is 0.819. The molecule has 0 atom stereocenters. The highest BCUT2D eigenvalue weighted by Gasteiger charge is 2.03. The Morgan fingerprint density at radius 1 is 1.20 bits per heavy atom. The van der Waals surface area contributed by atoms with Crippen molar-refractivity contribution >= 4 is 17.3 Å². The zero-order valence-corrected chi connectivity index (χ0v) is 12.1. The van der Waals surface area contributed by atoms with E-state index in [9.17, 15) is 4.39 Å². The van der Waals surface area contributed by atoms with Gasteiger partial charge in [0.25, 0.3) is 0 Å². The lowest BCUT2D eigenvalue weighted by atomic mass is 10.2. The van der Waals surface area contributed by atoms with E-state index in [-0.39, 0.29) is 5.82 Å². The van der Waals surface area contributed by atoms with Crippen molar-refractivity contribution in [3.05, 3.63) is 58.9 Å². The summed E-state index contributed by atoms with van der Waals surface area (Å²) in [5, 5.41) is 3.70. The third-order valence-electron chi connectivity index (χ3n) is 2.80. The Balaban J connectivity index is 2.01. The SMILES string of the molecule is CCCOc1cccc(NCc2cc(Cl)ccc2F)c1. The normalized spacial score (nSPS) is 10.3. The van der Waals surface area contributed by atoms with Crippen molar-refractivity contribution in [3.8, 4) is 5.75 Å². The first kappa shape index (κ1) is 14.7. The van der Waals surface area contributed by atoms with E-state index in [2.05, 4.69) is 12.2 Å². The van der Waals surface area contributed by atoms with Crippen molar-refractivity contribution in [2.24, 2.45) is 0 Å². The molecular formula is C16H17ClFNO. The van der Waals surface area contributed by atoms with Gasteiger partial charge in [-0.3, -0.25) is 0 Å². The molecule has 106 valence electrons. The molecule has 0 bridgehead atoms. The fourth-order valence-corrected chi connectivity index (χ4v) is 1.99. The second kappa shape index (κ2) is 7.15. The molecule has 0 aliphatic carbocycles. The van der Waals surface area contributed by atoms with Gasteiger partial charge in [-0.15, -0.1) is 0 Å². The Morgan fingerprint density at radius 2 is 2.05 bits per heavy atom. The number of hydrogen-bond acceptors (Lipinski definition) is 2. The molecule has 0 radical (unpaired) electrons. The first-order valence-corrected chi connectivity index (χ1v) is 6.97. The average Bonchev–Trinajstić information content (AvgIpc) is 2.46. The molecule has 0 spiro atoms. The minimum absolute atomic E-state index is 0.264. The number of rotatable bonds is 6. The van der Waals surface area contributed by atoms with Gasteiger partial charge in [-0.05, 0) is 36.8 Å². The molecule has 0 saturated carbocycles. The Bertz CT molecular complexity index is 574. The van der Waals surface area contributed by atoms with Gasteiger partial charge >= 0.3 is 0 Å². The lowest BCUT2D eigenvalue weighted by molar-refractivity contribution is 0.317. The molecular weight excluding hydrogens is 277 g/mol. The largest absolute Gasteiger partial charge is 0.494 e. The highest BCUT2D eigenvalue weighted by molar-refractivity contribution is 6.30. The lowest BCUT2D eigenvalue weighted by Gasteiger charge is -2.10. The Morgan fingerprint density at radius 3 is 2.85 bits per heavy atom. The third kappa shape index (κ3) is 4.14. The molecule has 0 amide bonds. The second-order valence-corrected chi connectivity index (χ2v) is 4.90. The highest BCUT2D eigenvalue weighted by atomic mass is 35.5. The Labute approximate surface area is 123 Å². The van der Waals surface area contributed by atoms with E-state index in [0.717, 1.165) is 17.9 Å². The third-order valence-corrected chi connectivity index (χ3v) is 3.03. The van der Waals surface area contributed by atoms with Crippen molar-refractivity contribution in [2.75, 3.05) is 11.9 Å². The summed E-state index contributed by atoms with van der Waals surface area (Å²) in [4.78, 5) is 0. The fraction of sp³-hybridized carbons (Fsp3) is 0.250. The summed E-state index contributed by atoms with van der Waals surface area (Å²) in [6, 6.07) is 12.2. The molecule has 0 aliphatic heterocycles. The van der Waals surface area contributed by atoms with Crippen LogP contribution in [0.25, 0.3) is 0 Å². The Kier molecular flexibility index (Phi) is 5.24. The van der Waals surface area contributed by atoms with Crippen LogP contribution in [0.15, 0.2) is 42.5 Å². The van der Waals surface area contributed by atoms with E-state index in [1.165, 1.54) is 6.07 Å². The molecule has 20 heavy (non-hydrogen) atoms. The number of benzene rings is 2. The topological polar surface area (TPSA) is 21.3 Å². The van der Waals surface area contributed by atoms with Crippen LogP contribution in [-0.4, -0.2) is 6.61 Å². The van der Waals surface area contributed by atoms with Crippen LogP contribution in [0.2, 0.25) is 5.02 Å².